The third kappa shape index (κ3) is 7.86. The number of aromatic nitrogens is 2. The average molecular weight is 826 g/mol. The standard InChI is InChI=1S/C39H45FIN5O4S/c1-23-17-31-32(42-38(51-6)43-37(31)46-16-15-44(39(47)48)20-25(46)3)19-30(23)34-35(40)33(18-24(2)36(34)41)45(21-26-7-11-28(49-4)12-8-26)22-27-9-13-29(50-5)14-10-27/h7-14,18,23,25,30H,15-17,19-22H2,1-6H3,(H,47,48)/t23?,25-,30?/m0/s1. The number of nitrogens with zero attached hydrogens (tertiary/aromatic N) is 5. The van der Waals surface area contributed by atoms with Gasteiger partial charge in [-0.05, 0) is 114 Å². The number of fused-ring (bicyclic) bond motifs is 1. The van der Waals surface area contributed by atoms with Gasteiger partial charge in [0.05, 0.1) is 25.6 Å². The number of aryl methyl sites for hydroxylation is 1. The number of anilines is 2. The van der Waals surface area contributed by atoms with Gasteiger partial charge in [0.1, 0.15) is 17.3 Å². The van der Waals surface area contributed by atoms with Crippen molar-refractivity contribution in [1.29, 1.82) is 0 Å². The second kappa shape index (κ2) is 15.9. The number of halogens is 2. The fraction of sp³-hybridized carbons (Fsp3) is 0.410. The number of hydrogen-bond acceptors (Lipinski definition) is 8. The predicted octanol–water partition coefficient (Wildman–Crippen LogP) is 8.18. The van der Waals surface area contributed by atoms with E-state index < -0.39 is 6.09 Å². The fourth-order valence-electron chi connectivity index (χ4n) is 7.37. The third-order valence-electron chi connectivity index (χ3n) is 10.2. The molecule has 1 aliphatic heterocycles. The van der Waals surface area contributed by atoms with Gasteiger partial charge in [0.25, 0.3) is 0 Å². The molecular formula is C39H45FIN5O4S. The Morgan fingerprint density at radius 1 is 1.00 bits per heavy atom. The van der Waals surface area contributed by atoms with Gasteiger partial charge >= 0.3 is 6.09 Å². The number of amides is 1. The molecule has 9 nitrogen and oxygen atoms in total. The zero-order chi connectivity index (χ0) is 36.4. The van der Waals surface area contributed by atoms with Crippen LogP contribution in [0.5, 0.6) is 11.5 Å². The van der Waals surface area contributed by atoms with E-state index >= 15 is 4.39 Å². The lowest BCUT2D eigenvalue weighted by atomic mass is 9.74. The molecule has 0 saturated carbocycles. The molecule has 2 unspecified atom stereocenters. The Kier molecular flexibility index (Phi) is 11.5. The number of methoxy groups -OCH3 is 2. The summed E-state index contributed by atoms with van der Waals surface area (Å²) in [5.41, 5.74) is 6.50. The zero-order valence-corrected chi connectivity index (χ0v) is 32.9. The molecule has 3 aromatic carbocycles. The fourth-order valence-corrected chi connectivity index (χ4v) is 8.54. The van der Waals surface area contributed by atoms with Gasteiger partial charge in [-0.1, -0.05) is 43.0 Å². The van der Waals surface area contributed by atoms with Crippen molar-refractivity contribution in [2.24, 2.45) is 5.92 Å². The van der Waals surface area contributed by atoms with E-state index in [1.165, 1.54) is 16.7 Å². The second-order valence-electron chi connectivity index (χ2n) is 13.5. The topological polar surface area (TPSA) is 91.3 Å². The van der Waals surface area contributed by atoms with Crippen LogP contribution in [0, 0.1) is 22.2 Å². The van der Waals surface area contributed by atoms with Crippen molar-refractivity contribution in [2.45, 2.75) is 63.8 Å². The van der Waals surface area contributed by atoms with Gasteiger partial charge in [0.15, 0.2) is 11.0 Å². The summed E-state index contributed by atoms with van der Waals surface area (Å²) in [5.74, 6) is 2.27. The Morgan fingerprint density at radius 2 is 1.61 bits per heavy atom. The number of ether oxygens (including phenoxy) is 2. The van der Waals surface area contributed by atoms with Crippen molar-refractivity contribution >= 4 is 52.0 Å². The molecule has 3 atom stereocenters. The van der Waals surface area contributed by atoms with E-state index in [-0.39, 0.29) is 23.7 Å². The van der Waals surface area contributed by atoms with Crippen LogP contribution in [-0.4, -0.2) is 72.2 Å². The van der Waals surface area contributed by atoms with Crippen LogP contribution in [0.2, 0.25) is 0 Å². The van der Waals surface area contributed by atoms with Crippen LogP contribution in [0.15, 0.2) is 59.8 Å². The van der Waals surface area contributed by atoms with E-state index in [4.69, 9.17) is 19.4 Å². The van der Waals surface area contributed by atoms with Gasteiger partial charge in [0.2, 0.25) is 0 Å². The Labute approximate surface area is 317 Å². The summed E-state index contributed by atoms with van der Waals surface area (Å²) in [6, 6.07) is 17.8. The minimum atomic E-state index is -0.895. The molecule has 6 rings (SSSR count). The lowest BCUT2D eigenvalue weighted by Crippen LogP contribution is -2.54. The van der Waals surface area contributed by atoms with Gasteiger partial charge in [-0.15, -0.1) is 0 Å². The quantitative estimate of drug-likeness (QED) is 0.0967. The van der Waals surface area contributed by atoms with Crippen molar-refractivity contribution in [3.63, 3.8) is 0 Å². The Hall–Kier alpha value is -3.78. The molecule has 1 fully saturated rings. The molecule has 1 aliphatic carbocycles. The average Bonchev–Trinajstić information content (AvgIpc) is 3.13. The third-order valence-corrected chi connectivity index (χ3v) is 12.2. The Bertz CT molecular complexity index is 1830. The van der Waals surface area contributed by atoms with Crippen LogP contribution in [0.25, 0.3) is 0 Å². The summed E-state index contributed by atoms with van der Waals surface area (Å²) >= 11 is 3.82. The van der Waals surface area contributed by atoms with E-state index in [0.29, 0.717) is 56.4 Å². The molecule has 0 bridgehead atoms. The van der Waals surface area contributed by atoms with E-state index in [0.717, 1.165) is 54.4 Å². The number of hydrogen-bond donors (Lipinski definition) is 1. The van der Waals surface area contributed by atoms with E-state index in [1.54, 1.807) is 14.2 Å². The molecule has 2 aliphatic rings. The minimum absolute atomic E-state index is 0.0308. The largest absolute Gasteiger partial charge is 0.497 e. The van der Waals surface area contributed by atoms with Gasteiger partial charge in [-0.25, -0.2) is 19.2 Å². The number of carbonyl (C=O) groups is 1. The van der Waals surface area contributed by atoms with Crippen molar-refractivity contribution < 1.29 is 23.8 Å². The van der Waals surface area contributed by atoms with Gasteiger partial charge in [-0.2, -0.15) is 0 Å². The van der Waals surface area contributed by atoms with Crippen LogP contribution < -0.4 is 19.3 Å². The summed E-state index contributed by atoms with van der Waals surface area (Å²) in [4.78, 5) is 27.5. The van der Waals surface area contributed by atoms with Crippen LogP contribution in [0.4, 0.5) is 20.7 Å². The smallest absolute Gasteiger partial charge is 0.407 e. The molecule has 0 spiro atoms. The van der Waals surface area contributed by atoms with E-state index in [9.17, 15) is 9.90 Å². The number of thioether (sulfide) groups is 1. The molecule has 51 heavy (non-hydrogen) atoms. The molecule has 2 heterocycles. The molecule has 1 saturated heterocycles. The van der Waals surface area contributed by atoms with Crippen molar-refractivity contribution in [1.82, 2.24) is 14.9 Å². The summed E-state index contributed by atoms with van der Waals surface area (Å²) in [5, 5.41) is 10.3. The lowest BCUT2D eigenvalue weighted by Gasteiger charge is -2.41. The maximum atomic E-state index is 17.4. The van der Waals surface area contributed by atoms with Crippen molar-refractivity contribution in [2.75, 3.05) is 49.9 Å². The summed E-state index contributed by atoms with van der Waals surface area (Å²) in [6.07, 6.45) is 2.37. The minimum Gasteiger partial charge on any atom is -0.497 e. The summed E-state index contributed by atoms with van der Waals surface area (Å²) in [7, 11) is 3.30. The SMILES string of the molecule is COc1ccc(CN(Cc2ccc(OC)cc2)c2cc(C)c(I)c(C3Cc4nc(SC)nc(N5CCN(C(=O)O)C[C@@H]5C)c4CC3C)c2F)cc1. The van der Waals surface area contributed by atoms with Crippen LogP contribution in [-0.2, 0) is 25.9 Å². The number of rotatable bonds is 10. The Morgan fingerprint density at radius 3 is 2.14 bits per heavy atom. The normalized spacial score (nSPS) is 18.7. The molecule has 12 heteroatoms. The number of benzene rings is 3. The monoisotopic (exact) mass is 825 g/mol. The first-order valence-corrected chi connectivity index (χ1v) is 19.5. The van der Waals surface area contributed by atoms with Crippen LogP contribution in [0.3, 0.4) is 0 Å². The number of carboxylic acid groups (broad SMARTS) is 1. The van der Waals surface area contributed by atoms with Crippen LogP contribution >= 0.6 is 34.4 Å². The highest BCUT2D eigenvalue weighted by Crippen LogP contribution is 2.45. The van der Waals surface area contributed by atoms with Gasteiger partial charge in [-0.3, -0.25) is 0 Å². The van der Waals surface area contributed by atoms with Crippen molar-refractivity contribution in [3.8, 4) is 11.5 Å². The maximum absolute atomic E-state index is 17.4. The maximum Gasteiger partial charge on any atom is 0.407 e. The molecule has 0 radical (unpaired) electrons. The van der Waals surface area contributed by atoms with E-state index in [1.807, 2.05) is 67.8 Å². The lowest BCUT2D eigenvalue weighted by molar-refractivity contribution is 0.136. The van der Waals surface area contributed by atoms with Gasteiger partial charge in [0, 0.05) is 53.5 Å². The highest BCUT2D eigenvalue weighted by molar-refractivity contribution is 14.1. The molecule has 1 N–H and O–H groups in total. The van der Waals surface area contributed by atoms with Gasteiger partial charge < -0.3 is 29.3 Å². The molecule has 270 valence electrons. The predicted molar refractivity (Wildman–Crippen MR) is 209 cm³/mol. The molecule has 4 aromatic rings. The summed E-state index contributed by atoms with van der Waals surface area (Å²) in [6.45, 7) is 8.74. The highest BCUT2D eigenvalue weighted by Gasteiger charge is 2.37. The molecule has 1 amide bonds. The first-order chi connectivity index (χ1) is 24.5. The summed E-state index contributed by atoms with van der Waals surface area (Å²) < 4.78 is 29.2. The first kappa shape index (κ1) is 37.0. The van der Waals surface area contributed by atoms with Crippen LogP contribution in [0.1, 0.15) is 53.3 Å². The first-order valence-electron chi connectivity index (χ1n) is 17.2. The molecule has 1 aromatic heterocycles. The van der Waals surface area contributed by atoms with Crippen molar-refractivity contribution in [3.05, 3.63) is 97.5 Å². The molecular weight excluding hydrogens is 780 g/mol. The zero-order valence-electron chi connectivity index (χ0n) is 30.0. The Balaban J connectivity index is 1.38. The number of piperazine rings is 1. The highest BCUT2D eigenvalue weighted by atomic mass is 127. The second-order valence-corrected chi connectivity index (χ2v) is 15.4. The van der Waals surface area contributed by atoms with E-state index in [2.05, 4.69) is 46.2 Å².